The van der Waals surface area contributed by atoms with E-state index in [1.807, 2.05) is 19.9 Å². The average molecular weight is 536 g/mol. The number of H-pyrrole nitrogens is 1. The van der Waals surface area contributed by atoms with Crippen molar-refractivity contribution in [3.63, 3.8) is 0 Å². The van der Waals surface area contributed by atoms with E-state index in [1.165, 1.54) is 18.2 Å². The molecule has 1 aromatic heterocycles. The fourth-order valence-electron chi connectivity index (χ4n) is 6.18. The zero-order valence-electron chi connectivity index (χ0n) is 22.7. The molecule has 0 radical (unpaired) electrons. The summed E-state index contributed by atoms with van der Waals surface area (Å²) in [4.78, 5) is 34.9. The van der Waals surface area contributed by atoms with Crippen LogP contribution in [0.25, 0.3) is 11.0 Å². The lowest BCUT2D eigenvalue weighted by Gasteiger charge is -2.37. The molecule has 1 aliphatic carbocycles. The monoisotopic (exact) mass is 535 g/mol. The molecule has 3 aromatic rings. The van der Waals surface area contributed by atoms with E-state index in [2.05, 4.69) is 31.6 Å². The van der Waals surface area contributed by atoms with Gasteiger partial charge in [0.25, 0.3) is 5.91 Å². The van der Waals surface area contributed by atoms with Gasteiger partial charge >= 0.3 is 0 Å². The number of hydrogen-bond acceptors (Lipinski definition) is 4. The van der Waals surface area contributed by atoms with Crippen LogP contribution in [0.2, 0.25) is 0 Å². The SMILES string of the molecule is CC(C)(O)C1CCN(Cc2ccc3[nH]/c(=N\C(=O)c4cccc(F)c4)n([C@H]4CC[C@H](C(N)=O)CC4)c3c2)CC1. The molecule has 0 bridgehead atoms. The first-order valence-electron chi connectivity index (χ1n) is 13.9. The summed E-state index contributed by atoms with van der Waals surface area (Å²) in [5.41, 5.74) is 8.50. The fourth-order valence-corrected chi connectivity index (χ4v) is 6.18. The molecule has 1 saturated carbocycles. The first kappa shape index (κ1) is 27.3. The van der Waals surface area contributed by atoms with E-state index in [0.29, 0.717) is 24.4 Å². The smallest absolute Gasteiger partial charge is 0.280 e. The van der Waals surface area contributed by atoms with Gasteiger partial charge in [-0.3, -0.25) is 14.5 Å². The van der Waals surface area contributed by atoms with Crippen LogP contribution in [-0.4, -0.2) is 50.1 Å². The maximum absolute atomic E-state index is 13.8. The van der Waals surface area contributed by atoms with Crippen molar-refractivity contribution in [3.8, 4) is 0 Å². The van der Waals surface area contributed by atoms with Gasteiger partial charge in [0.2, 0.25) is 11.5 Å². The summed E-state index contributed by atoms with van der Waals surface area (Å²) in [5, 5.41) is 10.4. The largest absolute Gasteiger partial charge is 0.390 e. The zero-order valence-corrected chi connectivity index (χ0v) is 22.7. The molecule has 0 atom stereocenters. The van der Waals surface area contributed by atoms with Crippen LogP contribution in [0.3, 0.4) is 0 Å². The molecule has 4 N–H and O–H groups in total. The Morgan fingerprint density at radius 3 is 2.44 bits per heavy atom. The highest BCUT2D eigenvalue weighted by atomic mass is 19.1. The summed E-state index contributed by atoms with van der Waals surface area (Å²) < 4.78 is 15.8. The predicted octanol–water partition coefficient (Wildman–Crippen LogP) is 4.05. The molecule has 8 nitrogen and oxygen atoms in total. The minimum absolute atomic E-state index is 0.0474. The van der Waals surface area contributed by atoms with Crippen molar-refractivity contribution >= 4 is 22.8 Å². The van der Waals surface area contributed by atoms with Crippen LogP contribution in [0.1, 0.15) is 74.3 Å². The Morgan fingerprint density at radius 1 is 1.08 bits per heavy atom. The molecular formula is C30H38FN5O3. The van der Waals surface area contributed by atoms with Gasteiger partial charge in [0.15, 0.2) is 0 Å². The lowest BCUT2D eigenvalue weighted by Crippen LogP contribution is -2.41. The van der Waals surface area contributed by atoms with Crippen LogP contribution in [0.15, 0.2) is 47.5 Å². The number of nitrogens with one attached hydrogen (secondary N) is 1. The van der Waals surface area contributed by atoms with E-state index in [4.69, 9.17) is 5.73 Å². The van der Waals surface area contributed by atoms with Gasteiger partial charge in [-0.1, -0.05) is 12.1 Å². The zero-order chi connectivity index (χ0) is 27.7. The van der Waals surface area contributed by atoms with E-state index < -0.39 is 17.3 Å². The Kier molecular flexibility index (Phi) is 7.73. The van der Waals surface area contributed by atoms with Gasteiger partial charge in [-0.2, -0.15) is 4.99 Å². The lowest BCUT2D eigenvalue weighted by atomic mass is 9.83. The third kappa shape index (κ3) is 6.15. The number of carbonyl (C=O) groups excluding carboxylic acids is 2. The van der Waals surface area contributed by atoms with Crippen LogP contribution >= 0.6 is 0 Å². The molecule has 1 saturated heterocycles. The van der Waals surface area contributed by atoms with Crippen molar-refractivity contribution in [1.29, 1.82) is 0 Å². The van der Waals surface area contributed by atoms with Crippen molar-refractivity contribution in [1.82, 2.24) is 14.5 Å². The number of hydrogen-bond donors (Lipinski definition) is 3. The van der Waals surface area contributed by atoms with Crippen LogP contribution in [0, 0.1) is 17.7 Å². The van der Waals surface area contributed by atoms with Gasteiger partial charge in [0.1, 0.15) is 5.82 Å². The number of aromatic nitrogens is 2. The van der Waals surface area contributed by atoms with Gasteiger partial charge < -0.3 is 20.4 Å². The normalized spacial score (nSPS) is 21.9. The maximum Gasteiger partial charge on any atom is 0.280 e. The number of amides is 2. The Balaban J connectivity index is 1.46. The highest BCUT2D eigenvalue weighted by molar-refractivity contribution is 5.95. The molecular weight excluding hydrogens is 497 g/mol. The number of piperidine rings is 1. The molecule has 0 spiro atoms. The van der Waals surface area contributed by atoms with Gasteiger partial charge in [-0.15, -0.1) is 0 Å². The second-order valence-corrected chi connectivity index (χ2v) is 11.7. The fraction of sp³-hybridized carbons (Fsp3) is 0.500. The minimum atomic E-state index is -0.655. The van der Waals surface area contributed by atoms with Gasteiger partial charge in [0, 0.05) is 24.1 Å². The lowest BCUT2D eigenvalue weighted by molar-refractivity contribution is -0.122. The molecule has 2 aliphatic rings. The van der Waals surface area contributed by atoms with Gasteiger partial charge in [0.05, 0.1) is 16.6 Å². The van der Waals surface area contributed by atoms with Gasteiger partial charge in [-0.05, 0) is 107 Å². The van der Waals surface area contributed by atoms with Crippen molar-refractivity contribution in [2.45, 2.75) is 70.6 Å². The number of aromatic amines is 1. The molecule has 2 heterocycles. The number of carbonyl (C=O) groups is 2. The molecule has 39 heavy (non-hydrogen) atoms. The topological polar surface area (TPSA) is 117 Å². The third-order valence-corrected chi connectivity index (χ3v) is 8.53. The molecule has 208 valence electrons. The molecule has 2 aromatic carbocycles. The Morgan fingerprint density at radius 2 is 1.79 bits per heavy atom. The van der Waals surface area contributed by atoms with E-state index in [0.717, 1.165) is 61.9 Å². The third-order valence-electron chi connectivity index (χ3n) is 8.53. The number of fused-ring (bicyclic) bond motifs is 1. The van der Waals surface area contributed by atoms with E-state index in [9.17, 15) is 19.1 Å². The molecule has 9 heteroatoms. The van der Waals surface area contributed by atoms with Crippen molar-refractivity contribution < 1.29 is 19.1 Å². The number of nitrogens with zero attached hydrogens (tertiary/aromatic N) is 3. The quantitative estimate of drug-likeness (QED) is 0.442. The maximum atomic E-state index is 13.8. The number of primary amides is 1. The van der Waals surface area contributed by atoms with Crippen molar-refractivity contribution in [3.05, 3.63) is 65.0 Å². The number of aliphatic hydroxyl groups is 1. The average Bonchev–Trinajstić information content (AvgIpc) is 3.25. The highest BCUT2D eigenvalue weighted by Gasteiger charge is 2.31. The summed E-state index contributed by atoms with van der Waals surface area (Å²) in [6, 6.07) is 11.9. The Labute approximate surface area is 227 Å². The van der Waals surface area contributed by atoms with E-state index in [-0.39, 0.29) is 23.4 Å². The van der Waals surface area contributed by atoms with Crippen LogP contribution in [0.5, 0.6) is 0 Å². The minimum Gasteiger partial charge on any atom is -0.390 e. The number of imidazole rings is 1. The summed E-state index contributed by atoms with van der Waals surface area (Å²) in [6.07, 6.45) is 4.79. The summed E-state index contributed by atoms with van der Waals surface area (Å²) in [6.45, 7) is 6.44. The van der Waals surface area contributed by atoms with Crippen LogP contribution in [0.4, 0.5) is 4.39 Å². The number of benzene rings is 2. The van der Waals surface area contributed by atoms with E-state index >= 15 is 0 Å². The molecule has 0 unspecified atom stereocenters. The van der Waals surface area contributed by atoms with Gasteiger partial charge in [-0.25, -0.2) is 4.39 Å². The van der Waals surface area contributed by atoms with E-state index in [1.54, 1.807) is 6.07 Å². The summed E-state index contributed by atoms with van der Waals surface area (Å²) >= 11 is 0. The first-order valence-corrected chi connectivity index (χ1v) is 13.9. The predicted molar refractivity (Wildman–Crippen MR) is 147 cm³/mol. The van der Waals surface area contributed by atoms with Crippen molar-refractivity contribution in [2.75, 3.05) is 13.1 Å². The Bertz CT molecular complexity index is 1420. The first-order chi connectivity index (χ1) is 18.6. The number of nitrogens with two attached hydrogens (primary N) is 1. The van der Waals surface area contributed by atoms with Crippen LogP contribution in [-0.2, 0) is 11.3 Å². The molecule has 1 aliphatic heterocycles. The standard InChI is InChI=1S/C30H38FN5O3/c1-30(2,39)22-12-14-35(15-13-22)18-19-6-11-25-26(16-19)36(24-9-7-20(8-10-24)27(32)37)29(33-25)34-28(38)21-4-3-5-23(31)17-21/h3-6,11,16-17,20,22,24,39H,7-10,12-15,18H2,1-2H3,(H2,32,37)(H,33,34,38)/t20-,24-. The van der Waals surface area contributed by atoms with Crippen LogP contribution < -0.4 is 11.4 Å². The second kappa shape index (κ2) is 11.1. The summed E-state index contributed by atoms with van der Waals surface area (Å²) in [5.74, 6) is -1.10. The summed E-state index contributed by atoms with van der Waals surface area (Å²) in [7, 11) is 0. The number of halogens is 1. The molecule has 5 rings (SSSR count). The number of likely N-dealkylation sites (tertiary alicyclic amines) is 1. The second-order valence-electron chi connectivity index (χ2n) is 11.7. The molecule has 2 amide bonds. The van der Waals surface area contributed by atoms with Crippen molar-refractivity contribution in [2.24, 2.45) is 22.6 Å². The highest BCUT2D eigenvalue weighted by Crippen LogP contribution is 2.34. The molecule has 2 fully saturated rings. The number of rotatable bonds is 6. The Hall–Kier alpha value is -3.30.